The second-order valence-corrected chi connectivity index (χ2v) is 3.77. The SMILES string of the molecule is CC(C)c1nc(C2(N)CC2)no1. The second kappa shape index (κ2) is 2.29. The Kier molecular flexibility index (Phi) is 1.48. The quantitative estimate of drug-likeness (QED) is 0.717. The lowest BCUT2D eigenvalue weighted by Crippen LogP contribution is -2.20. The molecular weight excluding hydrogens is 154 g/mol. The summed E-state index contributed by atoms with van der Waals surface area (Å²) >= 11 is 0. The van der Waals surface area contributed by atoms with Gasteiger partial charge in [0.25, 0.3) is 0 Å². The van der Waals surface area contributed by atoms with Crippen molar-refractivity contribution in [3.05, 3.63) is 11.7 Å². The normalized spacial score (nSPS) is 20.0. The van der Waals surface area contributed by atoms with Gasteiger partial charge in [-0.2, -0.15) is 4.98 Å². The van der Waals surface area contributed by atoms with Crippen LogP contribution in [0.25, 0.3) is 0 Å². The molecule has 1 aromatic rings. The van der Waals surface area contributed by atoms with E-state index in [2.05, 4.69) is 10.1 Å². The van der Waals surface area contributed by atoms with Crippen LogP contribution < -0.4 is 5.73 Å². The summed E-state index contributed by atoms with van der Waals surface area (Å²) in [6.07, 6.45) is 1.95. The Bertz CT molecular complexity index is 288. The van der Waals surface area contributed by atoms with Crippen LogP contribution in [0, 0.1) is 0 Å². The highest BCUT2D eigenvalue weighted by atomic mass is 16.5. The first kappa shape index (κ1) is 7.73. The fraction of sp³-hybridized carbons (Fsp3) is 0.750. The van der Waals surface area contributed by atoms with Gasteiger partial charge in [0.1, 0.15) is 0 Å². The Morgan fingerprint density at radius 3 is 2.58 bits per heavy atom. The minimum Gasteiger partial charge on any atom is -0.339 e. The Morgan fingerprint density at radius 1 is 1.50 bits per heavy atom. The van der Waals surface area contributed by atoms with Gasteiger partial charge in [-0.15, -0.1) is 0 Å². The van der Waals surface area contributed by atoms with Crippen molar-refractivity contribution in [2.75, 3.05) is 0 Å². The molecule has 2 rings (SSSR count). The number of aromatic nitrogens is 2. The van der Waals surface area contributed by atoms with Gasteiger partial charge < -0.3 is 10.3 Å². The Hall–Kier alpha value is -0.900. The fourth-order valence-corrected chi connectivity index (χ4v) is 1.03. The molecule has 12 heavy (non-hydrogen) atoms. The van der Waals surface area contributed by atoms with Crippen molar-refractivity contribution >= 4 is 0 Å². The third-order valence-corrected chi connectivity index (χ3v) is 2.17. The fourth-order valence-electron chi connectivity index (χ4n) is 1.03. The molecule has 66 valence electrons. The summed E-state index contributed by atoms with van der Waals surface area (Å²) < 4.78 is 5.05. The van der Waals surface area contributed by atoms with Crippen LogP contribution in [0.1, 0.15) is 44.3 Å². The van der Waals surface area contributed by atoms with E-state index in [0.717, 1.165) is 12.8 Å². The average molecular weight is 167 g/mol. The lowest BCUT2D eigenvalue weighted by molar-refractivity contribution is 0.357. The number of hydrogen-bond donors (Lipinski definition) is 1. The third-order valence-electron chi connectivity index (χ3n) is 2.17. The summed E-state index contributed by atoms with van der Waals surface area (Å²) in [5.41, 5.74) is 5.63. The summed E-state index contributed by atoms with van der Waals surface area (Å²) in [4.78, 5) is 4.24. The highest BCUT2D eigenvalue weighted by Crippen LogP contribution is 2.41. The molecule has 0 unspecified atom stereocenters. The van der Waals surface area contributed by atoms with Gasteiger partial charge in [-0.05, 0) is 12.8 Å². The zero-order valence-corrected chi connectivity index (χ0v) is 7.37. The van der Waals surface area contributed by atoms with Crippen LogP contribution in [0.2, 0.25) is 0 Å². The summed E-state index contributed by atoms with van der Waals surface area (Å²) in [7, 11) is 0. The number of nitrogens with two attached hydrogens (primary N) is 1. The van der Waals surface area contributed by atoms with E-state index in [4.69, 9.17) is 10.3 Å². The van der Waals surface area contributed by atoms with E-state index in [1.54, 1.807) is 0 Å². The highest BCUT2D eigenvalue weighted by Gasteiger charge is 2.44. The van der Waals surface area contributed by atoms with Crippen LogP contribution in [-0.2, 0) is 5.54 Å². The van der Waals surface area contributed by atoms with Crippen LogP contribution in [0.3, 0.4) is 0 Å². The topological polar surface area (TPSA) is 64.9 Å². The predicted octanol–water partition coefficient (Wildman–Crippen LogP) is 1.14. The Labute approximate surface area is 71.1 Å². The van der Waals surface area contributed by atoms with Gasteiger partial charge in [0, 0.05) is 5.92 Å². The Balaban J connectivity index is 2.25. The summed E-state index contributed by atoms with van der Waals surface area (Å²) in [6, 6.07) is 0. The monoisotopic (exact) mass is 167 g/mol. The Morgan fingerprint density at radius 2 is 2.17 bits per heavy atom. The molecule has 1 aromatic heterocycles. The van der Waals surface area contributed by atoms with E-state index in [1.165, 1.54) is 0 Å². The largest absolute Gasteiger partial charge is 0.339 e. The third kappa shape index (κ3) is 1.12. The molecule has 0 aromatic carbocycles. The molecular formula is C8H13N3O. The molecule has 0 spiro atoms. The molecule has 0 aliphatic heterocycles. The van der Waals surface area contributed by atoms with E-state index >= 15 is 0 Å². The second-order valence-electron chi connectivity index (χ2n) is 3.77. The van der Waals surface area contributed by atoms with E-state index < -0.39 is 0 Å². The summed E-state index contributed by atoms with van der Waals surface area (Å²) in [6.45, 7) is 4.04. The van der Waals surface area contributed by atoms with E-state index in [0.29, 0.717) is 11.7 Å². The molecule has 1 heterocycles. The lowest BCUT2D eigenvalue weighted by Gasteiger charge is -1.98. The molecule has 0 bridgehead atoms. The first-order valence-corrected chi connectivity index (χ1v) is 4.25. The maximum Gasteiger partial charge on any atom is 0.229 e. The van der Waals surface area contributed by atoms with Gasteiger partial charge in [0.2, 0.25) is 5.89 Å². The maximum absolute atomic E-state index is 5.90. The number of rotatable bonds is 2. The molecule has 0 radical (unpaired) electrons. The van der Waals surface area contributed by atoms with E-state index in [-0.39, 0.29) is 11.5 Å². The summed E-state index contributed by atoms with van der Waals surface area (Å²) in [5.74, 6) is 1.64. The molecule has 1 saturated carbocycles. The van der Waals surface area contributed by atoms with Crippen molar-refractivity contribution in [3.8, 4) is 0 Å². The average Bonchev–Trinajstić information content (AvgIpc) is 2.61. The van der Waals surface area contributed by atoms with Gasteiger partial charge in [-0.1, -0.05) is 19.0 Å². The molecule has 4 heteroatoms. The smallest absolute Gasteiger partial charge is 0.229 e. The van der Waals surface area contributed by atoms with Gasteiger partial charge in [-0.3, -0.25) is 0 Å². The van der Waals surface area contributed by atoms with Gasteiger partial charge >= 0.3 is 0 Å². The van der Waals surface area contributed by atoms with E-state index in [1.807, 2.05) is 13.8 Å². The van der Waals surface area contributed by atoms with Crippen molar-refractivity contribution in [1.82, 2.24) is 10.1 Å². The van der Waals surface area contributed by atoms with Crippen molar-refractivity contribution in [2.45, 2.75) is 38.1 Å². The lowest BCUT2D eigenvalue weighted by atomic mass is 10.2. The first-order valence-electron chi connectivity index (χ1n) is 4.25. The van der Waals surface area contributed by atoms with Crippen LogP contribution >= 0.6 is 0 Å². The van der Waals surface area contributed by atoms with E-state index in [9.17, 15) is 0 Å². The molecule has 1 aliphatic rings. The van der Waals surface area contributed by atoms with Crippen LogP contribution in [0.5, 0.6) is 0 Å². The first-order chi connectivity index (χ1) is 5.62. The standard InChI is InChI=1S/C8H13N3O/c1-5(2)6-10-7(11-12-6)8(9)3-4-8/h5H,3-4,9H2,1-2H3. The van der Waals surface area contributed by atoms with Gasteiger partial charge in [-0.25, -0.2) is 0 Å². The van der Waals surface area contributed by atoms with Crippen molar-refractivity contribution in [1.29, 1.82) is 0 Å². The van der Waals surface area contributed by atoms with Crippen LogP contribution in [0.15, 0.2) is 4.52 Å². The number of hydrogen-bond acceptors (Lipinski definition) is 4. The zero-order chi connectivity index (χ0) is 8.77. The van der Waals surface area contributed by atoms with Crippen molar-refractivity contribution < 1.29 is 4.52 Å². The minimum absolute atomic E-state index is 0.267. The molecule has 4 nitrogen and oxygen atoms in total. The molecule has 1 aliphatic carbocycles. The molecule has 0 saturated heterocycles. The number of nitrogens with zero attached hydrogens (tertiary/aromatic N) is 2. The molecule has 0 atom stereocenters. The highest BCUT2D eigenvalue weighted by molar-refractivity contribution is 5.13. The van der Waals surface area contributed by atoms with Crippen LogP contribution in [0.4, 0.5) is 0 Å². The van der Waals surface area contributed by atoms with Crippen molar-refractivity contribution in [3.63, 3.8) is 0 Å². The molecule has 0 amide bonds. The minimum atomic E-state index is -0.267. The van der Waals surface area contributed by atoms with Crippen LogP contribution in [-0.4, -0.2) is 10.1 Å². The molecule has 2 N–H and O–H groups in total. The zero-order valence-electron chi connectivity index (χ0n) is 7.37. The van der Waals surface area contributed by atoms with Crippen molar-refractivity contribution in [2.24, 2.45) is 5.73 Å². The van der Waals surface area contributed by atoms with Gasteiger partial charge in [0.15, 0.2) is 5.82 Å². The van der Waals surface area contributed by atoms with Gasteiger partial charge in [0.05, 0.1) is 5.54 Å². The maximum atomic E-state index is 5.90. The predicted molar refractivity (Wildman–Crippen MR) is 43.5 cm³/mol. The molecule has 1 fully saturated rings. The summed E-state index contributed by atoms with van der Waals surface area (Å²) in [5, 5.41) is 3.86.